The van der Waals surface area contributed by atoms with Crippen molar-refractivity contribution < 1.29 is 45.8 Å². The highest BCUT2D eigenvalue weighted by Crippen LogP contribution is 2.38. The Kier molecular flexibility index (Phi) is 9.58. The number of ether oxygens (including phenoxy) is 3. The number of carbonyl (C=O) groups is 2. The van der Waals surface area contributed by atoms with Crippen molar-refractivity contribution in [1.82, 2.24) is 0 Å². The molecule has 0 amide bonds. The molecular formula is C24H23F5O5. The topological polar surface area (TPSA) is 61.8 Å². The average Bonchev–Trinajstić information content (AvgIpc) is 2.79. The summed E-state index contributed by atoms with van der Waals surface area (Å²) in [6.45, 7) is 1.88. The summed E-state index contributed by atoms with van der Waals surface area (Å²) in [6.07, 6.45) is -3.88. The van der Waals surface area contributed by atoms with E-state index in [0.717, 1.165) is 6.42 Å². The first-order chi connectivity index (χ1) is 16.0. The summed E-state index contributed by atoms with van der Waals surface area (Å²) in [5.74, 6) is -5.41. The largest absolute Gasteiger partial charge is 0.494 e. The molecule has 0 saturated heterocycles. The van der Waals surface area contributed by atoms with E-state index in [1.807, 2.05) is 6.92 Å². The Balaban J connectivity index is 1.82. The van der Waals surface area contributed by atoms with Crippen molar-refractivity contribution in [3.63, 3.8) is 0 Å². The van der Waals surface area contributed by atoms with Crippen LogP contribution < -0.4 is 9.47 Å². The average molecular weight is 486 g/mol. The van der Waals surface area contributed by atoms with Crippen LogP contribution in [0.5, 0.6) is 11.5 Å². The molecule has 2 rings (SSSR count). The summed E-state index contributed by atoms with van der Waals surface area (Å²) >= 11 is 0. The van der Waals surface area contributed by atoms with Crippen molar-refractivity contribution in [2.75, 3.05) is 13.2 Å². The van der Waals surface area contributed by atoms with Crippen molar-refractivity contribution in [3.8, 4) is 11.5 Å². The van der Waals surface area contributed by atoms with Gasteiger partial charge in [0.15, 0.2) is 0 Å². The van der Waals surface area contributed by atoms with Crippen LogP contribution in [-0.2, 0) is 9.53 Å². The maximum atomic E-state index is 12.9. The number of alkyl halides is 5. The first-order valence-electron chi connectivity index (χ1n) is 10.4. The Morgan fingerprint density at radius 3 is 2.09 bits per heavy atom. The summed E-state index contributed by atoms with van der Waals surface area (Å²) in [4.78, 5) is 23.7. The van der Waals surface area contributed by atoms with Gasteiger partial charge in [0.2, 0.25) is 0 Å². The second-order valence-corrected chi connectivity index (χ2v) is 7.14. The van der Waals surface area contributed by atoms with Crippen LogP contribution in [-0.4, -0.2) is 37.3 Å². The molecule has 0 aromatic heterocycles. The number of halogens is 5. The number of benzene rings is 2. The molecule has 0 aliphatic heterocycles. The van der Waals surface area contributed by atoms with Gasteiger partial charge >= 0.3 is 24.0 Å². The zero-order valence-electron chi connectivity index (χ0n) is 18.2. The van der Waals surface area contributed by atoms with E-state index in [2.05, 4.69) is 0 Å². The molecule has 0 aliphatic rings. The molecule has 0 fully saturated rings. The molecule has 0 unspecified atom stereocenters. The second-order valence-electron chi connectivity index (χ2n) is 7.14. The number of rotatable bonds is 11. The predicted octanol–water partition coefficient (Wildman–Crippen LogP) is 6.23. The SMILES string of the molecule is CCCOC(=O)C=Cc1ccc(OC(=O)c2ccc(OCCCC(F)(F)C(F)(F)F)cc2)cc1. The smallest absolute Gasteiger partial charge is 0.453 e. The van der Waals surface area contributed by atoms with E-state index in [4.69, 9.17) is 14.2 Å². The van der Waals surface area contributed by atoms with Crippen molar-refractivity contribution in [3.05, 3.63) is 65.7 Å². The molecule has 0 atom stereocenters. The molecule has 34 heavy (non-hydrogen) atoms. The van der Waals surface area contributed by atoms with Gasteiger partial charge in [-0.1, -0.05) is 19.1 Å². The zero-order chi connectivity index (χ0) is 25.2. The van der Waals surface area contributed by atoms with Crippen LogP contribution in [0.3, 0.4) is 0 Å². The van der Waals surface area contributed by atoms with Crippen molar-refractivity contribution in [1.29, 1.82) is 0 Å². The Labute approximate surface area is 193 Å². The third-order valence-corrected chi connectivity index (χ3v) is 4.36. The van der Waals surface area contributed by atoms with Gasteiger partial charge in [0.05, 0.1) is 18.8 Å². The van der Waals surface area contributed by atoms with Gasteiger partial charge in [-0.25, -0.2) is 9.59 Å². The number of hydrogen-bond donors (Lipinski definition) is 0. The minimum absolute atomic E-state index is 0.179. The summed E-state index contributed by atoms with van der Waals surface area (Å²) in [5, 5.41) is 0. The molecule has 0 bridgehead atoms. The summed E-state index contributed by atoms with van der Waals surface area (Å²) in [7, 11) is 0. The van der Waals surface area contributed by atoms with Gasteiger partial charge in [-0.05, 0) is 60.9 Å². The van der Waals surface area contributed by atoms with E-state index >= 15 is 0 Å². The third-order valence-electron chi connectivity index (χ3n) is 4.36. The minimum Gasteiger partial charge on any atom is -0.494 e. The molecule has 0 spiro atoms. The Morgan fingerprint density at radius 2 is 1.50 bits per heavy atom. The molecule has 0 N–H and O–H groups in total. The van der Waals surface area contributed by atoms with Crippen LogP contribution in [0.25, 0.3) is 6.08 Å². The fourth-order valence-electron chi connectivity index (χ4n) is 2.54. The first kappa shape index (κ1) is 26.8. The van der Waals surface area contributed by atoms with Crippen molar-refractivity contribution in [2.24, 2.45) is 0 Å². The van der Waals surface area contributed by atoms with Gasteiger partial charge in [-0.15, -0.1) is 0 Å². The van der Waals surface area contributed by atoms with E-state index in [9.17, 15) is 31.5 Å². The van der Waals surface area contributed by atoms with Crippen LogP contribution in [0.1, 0.15) is 42.1 Å². The molecule has 0 radical (unpaired) electrons. The lowest BCUT2D eigenvalue weighted by Crippen LogP contribution is -2.36. The maximum Gasteiger partial charge on any atom is 0.453 e. The first-order valence-corrected chi connectivity index (χ1v) is 10.4. The van der Waals surface area contributed by atoms with Gasteiger partial charge in [0, 0.05) is 12.5 Å². The highest BCUT2D eigenvalue weighted by atomic mass is 19.4. The monoisotopic (exact) mass is 486 g/mol. The molecule has 0 saturated carbocycles. The van der Waals surface area contributed by atoms with Crippen LogP contribution in [0.4, 0.5) is 22.0 Å². The lowest BCUT2D eigenvalue weighted by Gasteiger charge is -2.19. The van der Waals surface area contributed by atoms with Crippen LogP contribution >= 0.6 is 0 Å². The number of carbonyl (C=O) groups excluding carboxylic acids is 2. The zero-order valence-corrected chi connectivity index (χ0v) is 18.2. The van der Waals surface area contributed by atoms with Crippen molar-refractivity contribution in [2.45, 2.75) is 38.3 Å². The van der Waals surface area contributed by atoms with Gasteiger partial charge in [0.25, 0.3) is 0 Å². The molecular weight excluding hydrogens is 463 g/mol. The second kappa shape index (κ2) is 12.2. The quantitative estimate of drug-likeness (QED) is 0.124. The predicted molar refractivity (Wildman–Crippen MR) is 114 cm³/mol. The van der Waals surface area contributed by atoms with E-state index < -0.39 is 36.9 Å². The van der Waals surface area contributed by atoms with E-state index in [1.165, 1.54) is 30.3 Å². The molecule has 10 heteroatoms. The standard InChI is InChI=1S/C24H23F5O5/c1-2-15-33-21(30)13-6-17-4-9-20(10-5-17)34-22(31)18-7-11-19(12-8-18)32-16-3-14-23(25,26)24(27,28)29/h4-13H,2-3,14-16H2,1H3. The molecule has 5 nitrogen and oxygen atoms in total. The Morgan fingerprint density at radius 1 is 0.882 bits per heavy atom. The fourth-order valence-corrected chi connectivity index (χ4v) is 2.54. The highest BCUT2D eigenvalue weighted by molar-refractivity contribution is 5.91. The fraction of sp³-hybridized carbons (Fsp3) is 0.333. The summed E-state index contributed by atoms with van der Waals surface area (Å²) in [5.41, 5.74) is 0.876. The highest BCUT2D eigenvalue weighted by Gasteiger charge is 2.56. The van der Waals surface area contributed by atoms with Crippen LogP contribution in [0, 0.1) is 0 Å². The summed E-state index contributed by atoms with van der Waals surface area (Å²) in [6, 6.07) is 11.9. The normalized spacial score (nSPS) is 11.9. The van der Waals surface area contributed by atoms with Crippen molar-refractivity contribution >= 4 is 18.0 Å². The van der Waals surface area contributed by atoms with Gasteiger partial charge in [-0.3, -0.25) is 0 Å². The van der Waals surface area contributed by atoms with Crippen LogP contribution in [0.15, 0.2) is 54.6 Å². The summed E-state index contributed by atoms with van der Waals surface area (Å²) < 4.78 is 77.4. The lowest BCUT2D eigenvalue weighted by molar-refractivity contribution is -0.284. The molecule has 0 heterocycles. The van der Waals surface area contributed by atoms with E-state index in [1.54, 1.807) is 30.3 Å². The molecule has 2 aromatic carbocycles. The lowest BCUT2D eigenvalue weighted by atomic mass is 10.2. The minimum atomic E-state index is -5.59. The third kappa shape index (κ3) is 8.49. The molecule has 2 aromatic rings. The van der Waals surface area contributed by atoms with E-state index in [-0.39, 0.29) is 23.7 Å². The number of hydrogen-bond acceptors (Lipinski definition) is 5. The maximum absolute atomic E-state index is 12.9. The van der Waals surface area contributed by atoms with Gasteiger partial charge in [-0.2, -0.15) is 22.0 Å². The molecule has 0 aliphatic carbocycles. The molecule has 184 valence electrons. The van der Waals surface area contributed by atoms with Crippen LogP contribution in [0.2, 0.25) is 0 Å². The van der Waals surface area contributed by atoms with Gasteiger partial charge < -0.3 is 14.2 Å². The Hall–Kier alpha value is -3.43. The van der Waals surface area contributed by atoms with Gasteiger partial charge in [0.1, 0.15) is 11.5 Å². The van der Waals surface area contributed by atoms with E-state index in [0.29, 0.717) is 12.2 Å². The Bertz CT molecular complexity index is 967. The number of esters is 2.